The smallest absolute Gasteiger partial charge is 0.255 e. The molecular formula is C15H24N2O. The molecule has 0 aliphatic rings. The maximum atomic E-state index is 12.4. The zero-order chi connectivity index (χ0) is 13.7. The summed E-state index contributed by atoms with van der Waals surface area (Å²) in [7, 11) is 3.71. The molecule has 1 aromatic carbocycles. The Labute approximate surface area is 110 Å². The lowest BCUT2D eigenvalue weighted by Crippen LogP contribution is -2.31. The van der Waals surface area contributed by atoms with E-state index in [1.54, 1.807) is 0 Å². The summed E-state index contributed by atoms with van der Waals surface area (Å²) in [5.74, 6) is 0.616. The van der Waals surface area contributed by atoms with E-state index in [0.29, 0.717) is 5.92 Å². The second-order valence-electron chi connectivity index (χ2n) is 5.00. The van der Waals surface area contributed by atoms with E-state index in [2.05, 4.69) is 19.2 Å². The van der Waals surface area contributed by atoms with Crippen molar-refractivity contribution in [2.45, 2.75) is 27.2 Å². The number of benzene rings is 1. The van der Waals surface area contributed by atoms with Gasteiger partial charge in [-0.15, -0.1) is 0 Å². The van der Waals surface area contributed by atoms with Crippen molar-refractivity contribution >= 4 is 11.6 Å². The highest BCUT2D eigenvalue weighted by atomic mass is 16.2. The Morgan fingerprint density at radius 2 is 2.11 bits per heavy atom. The molecule has 1 amide bonds. The van der Waals surface area contributed by atoms with Crippen LogP contribution in [0.25, 0.3) is 0 Å². The van der Waals surface area contributed by atoms with Crippen LogP contribution in [0.15, 0.2) is 18.2 Å². The highest BCUT2D eigenvalue weighted by molar-refractivity contribution is 5.99. The summed E-state index contributed by atoms with van der Waals surface area (Å²) in [5.41, 5.74) is 2.75. The number of carbonyl (C=O) groups excluding carboxylic acids is 1. The fraction of sp³-hybridized carbons (Fsp3) is 0.533. The summed E-state index contributed by atoms with van der Waals surface area (Å²) >= 11 is 0. The van der Waals surface area contributed by atoms with Crippen molar-refractivity contribution in [2.24, 2.45) is 5.92 Å². The minimum Gasteiger partial charge on any atom is -0.387 e. The van der Waals surface area contributed by atoms with E-state index in [1.807, 2.05) is 44.1 Å². The van der Waals surface area contributed by atoms with Crippen LogP contribution in [0.3, 0.4) is 0 Å². The number of nitrogens with one attached hydrogen (secondary N) is 1. The summed E-state index contributed by atoms with van der Waals surface area (Å²) in [4.78, 5) is 14.2. The van der Waals surface area contributed by atoms with Crippen molar-refractivity contribution in [3.05, 3.63) is 29.3 Å². The largest absolute Gasteiger partial charge is 0.387 e. The zero-order valence-electron chi connectivity index (χ0n) is 12.1. The van der Waals surface area contributed by atoms with Gasteiger partial charge in [-0.2, -0.15) is 0 Å². The SMILES string of the molecule is CCC(C)CN(C)C(=O)c1cc(C)ccc1NC. The predicted octanol–water partition coefficient (Wildman–Crippen LogP) is 3.15. The molecule has 100 valence electrons. The molecule has 0 aliphatic heterocycles. The molecule has 0 saturated heterocycles. The Morgan fingerprint density at radius 3 is 2.67 bits per heavy atom. The van der Waals surface area contributed by atoms with E-state index in [4.69, 9.17) is 0 Å². The normalized spacial score (nSPS) is 12.1. The van der Waals surface area contributed by atoms with Crippen molar-refractivity contribution in [3.63, 3.8) is 0 Å². The van der Waals surface area contributed by atoms with Gasteiger partial charge < -0.3 is 10.2 Å². The quantitative estimate of drug-likeness (QED) is 0.868. The van der Waals surface area contributed by atoms with Crippen LogP contribution in [0.4, 0.5) is 5.69 Å². The molecule has 0 heterocycles. The second kappa shape index (κ2) is 6.43. The fourth-order valence-corrected chi connectivity index (χ4v) is 1.94. The van der Waals surface area contributed by atoms with E-state index in [9.17, 15) is 4.79 Å². The summed E-state index contributed by atoms with van der Waals surface area (Å²) < 4.78 is 0. The second-order valence-corrected chi connectivity index (χ2v) is 5.00. The molecule has 0 spiro atoms. The number of nitrogens with zero attached hydrogens (tertiary/aromatic N) is 1. The van der Waals surface area contributed by atoms with Crippen LogP contribution in [0.2, 0.25) is 0 Å². The zero-order valence-corrected chi connectivity index (χ0v) is 12.1. The molecule has 3 heteroatoms. The molecule has 0 saturated carbocycles. The van der Waals surface area contributed by atoms with Gasteiger partial charge in [0.25, 0.3) is 5.91 Å². The molecule has 1 rings (SSSR count). The Hall–Kier alpha value is -1.51. The van der Waals surface area contributed by atoms with Crippen molar-refractivity contribution in [1.29, 1.82) is 0 Å². The average Bonchev–Trinajstić information content (AvgIpc) is 2.37. The lowest BCUT2D eigenvalue weighted by Gasteiger charge is -2.22. The molecule has 1 unspecified atom stereocenters. The van der Waals surface area contributed by atoms with Gasteiger partial charge in [-0.3, -0.25) is 4.79 Å². The minimum atomic E-state index is 0.0864. The van der Waals surface area contributed by atoms with Crippen LogP contribution in [0, 0.1) is 12.8 Å². The van der Waals surface area contributed by atoms with Crippen LogP contribution >= 0.6 is 0 Å². The summed E-state index contributed by atoms with van der Waals surface area (Å²) in [6, 6.07) is 5.91. The molecule has 1 N–H and O–H groups in total. The molecule has 0 aromatic heterocycles. The van der Waals surface area contributed by atoms with Crippen molar-refractivity contribution in [1.82, 2.24) is 4.90 Å². The summed E-state index contributed by atoms with van der Waals surface area (Å²) in [5, 5.41) is 3.08. The molecule has 0 aliphatic carbocycles. The highest BCUT2D eigenvalue weighted by Crippen LogP contribution is 2.19. The van der Waals surface area contributed by atoms with E-state index in [1.165, 1.54) is 0 Å². The van der Waals surface area contributed by atoms with Gasteiger partial charge in [0.15, 0.2) is 0 Å². The number of amides is 1. The third-order valence-corrected chi connectivity index (χ3v) is 3.30. The van der Waals surface area contributed by atoms with Crippen LogP contribution in [-0.4, -0.2) is 31.4 Å². The monoisotopic (exact) mass is 248 g/mol. The molecule has 0 fully saturated rings. The van der Waals surface area contributed by atoms with E-state index in [-0.39, 0.29) is 5.91 Å². The standard InChI is InChI=1S/C15H24N2O/c1-6-11(2)10-17(5)15(18)13-9-12(3)7-8-14(13)16-4/h7-9,11,16H,6,10H2,1-5H3. The van der Waals surface area contributed by atoms with Gasteiger partial charge >= 0.3 is 0 Å². The average molecular weight is 248 g/mol. The molecule has 0 radical (unpaired) electrons. The summed E-state index contributed by atoms with van der Waals surface area (Å²) in [6.07, 6.45) is 1.09. The lowest BCUT2D eigenvalue weighted by atomic mass is 10.1. The Bertz CT molecular complexity index is 415. The van der Waals surface area contributed by atoms with Gasteiger partial charge in [0.1, 0.15) is 0 Å². The van der Waals surface area contributed by atoms with Gasteiger partial charge in [0.2, 0.25) is 0 Å². The van der Waals surface area contributed by atoms with E-state index < -0.39 is 0 Å². The number of carbonyl (C=O) groups is 1. The third-order valence-electron chi connectivity index (χ3n) is 3.30. The van der Waals surface area contributed by atoms with Crippen molar-refractivity contribution in [2.75, 3.05) is 26.0 Å². The van der Waals surface area contributed by atoms with Gasteiger partial charge in [-0.05, 0) is 25.0 Å². The minimum absolute atomic E-state index is 0.0864. The first-order chi connectivity index (χ1) is 8.49. The number of anilines is 1. The van der Waals surface area contributed by atoms with Crippen LogP contribution < -0.4 is 5.32 Å². The molecule has 1 atom stereocenters. The van der Waals surface area contributed by atoms with Gasteiger partial charge in [0.05, 0.1) is 5.56 Å². The van der Waals surface area contributed by atoms with Crippen LogP contribution in [0.1, 0.15) is 36.2 Å². The van der Waals surface area contributed by atoms with E-state index in [0.717, 1.165) is 29.8 Å². The lowest BCUT2D eigenvalue weighted by molar-refractivity contribution is 0.0776. The number of hydrogen-bond donors (Lipinski definition) is 1. The van der Waals surface area contributed by atoms with E-state index >= 15 is 0 Å². The van der Waals surface area contributed by atoms with Crippen LogP contribution in [-0.2, 0) is 0 Å². The maximum absolute atomic E-state index is 12.4. The Kier molecular flexibility index (Phi) is 5.20. The number of aryl methyl sites for hydroxylation is 1. The number of hydrogen-bond acceptors (Lipinski definition) is 2. The first-order valence-electron chi connectivity index (χ1n) is 6.53. The molecule has 18 heavy (non-hydrogen) atoms. The Balaban J connectivity index is 2.92. The topological polar surface area (TPSA) is 32.3 Å². The van der Waals surface area contributed by atoms with Crippen LogP contribution in [0.5, 0.6) is 0 Å². The molecule has 0 bridgehead atoms. The maximum Gasteiger partial charge on any atom is 0.255 e. The molecule has 1 aromatic rings. The van der Waals surface area contributed by atoms with Crippen molar-refractivity contribution < 1.29 is 4.79 Å². The Morgan fingerprint density at radius 1 is 1.44 bits per heavy atom. The van der Waals surface area contributed by atoms with Gasteiger partial charge in [-0.25, -0.2) is 0 Å². The van der Waals surface area contributed by atoms with Crippen molar-refractivity contribution in [3.8, 4) is 0 Å². The molecular weight excluding hydrogens is 224 g/mol. The van der Waals surface area contributed by atoms with Gasteiger partial charge in [0, 0.05) is 26.3 Å². The molecule has 3 nitrogen and oxygen atoms in total. The van der Waals surface area contributed by atoms with Gasteiger partial charge in [-0.1, -0.05) is 31.9 Å². The predicted molar refractivity (Wildman–Crippen MR) is 77.1 cm³/mol. The first-order valence-corrected chi connectivity index (χ1v) is 6.53. The first kappa shape index (κ1) is 14.6. The summed E-state index contributed by atoms with van der Waals surface area (Å²) in [6.45, 7) is 7.12. The number of rotatable bonds is 5. The highest BCUT2D eigenvalue weighted by Gasteiger charge is 2.16. The fourth-order valence-electron chi connectivity index (χ4n) is 1.94. The third kappa shape index (κ3) is 3.49.